The number of hydrogen-bond acceptors (Lipinski definition) is 4. The first-order chi connectivity index (χ1) is 9.08. The molecule has 98 valence electrons. The number of hydrogen-bond donors (Lipinski definition) is 0. The third kappa shape index (κ3) is 3.20. The Morgan fingerprint density at radius 3 is 2.47 bits per heavy atom. The molecule has 1 aromatic rings. The molecular weight excluding hydrogens is 270 g/mol. The highest BCUT2D eigenvalue weighted by atomic mass is 35.5. The Hall–Kier alpha value is -2.14. The molecule has 0 saturated carbocycles. The van der Waals surface area contributed by atoms with Crippen molar-refractivity contribution in [2.24, 2.45) is 0 Å². The summed E-state index contributed by atoms with van der Waals surface area (Å²) in [5, 5.41) is 0.985. The Morgan fingerprint density at radius 2 is 1.84 bits per heavy atom. The van der Waals surface area contributed by atoms with Crippen molar-refractivity contribution in [1.82, 2.24) is 5.06 Å². The minimum Gasteiger partial charge on any atom is -0.326 e. The second-order valence-corrected chi connectivity index (χ2v) is 4.25. The molecule has 1 aliphatic heterocycles. The van der Waals surface area contributed by atoms with Crippen molar-refractivity contribution in [3.05, 3.63) is 40.9 Å². The topological polar surface area (TPSA) is 63.7 Å². The Kier molecular flexibility index (Phi) is 3.97. The molecule has 1 aliphatic rings. The first-order valence-corrected chi connectivity index (χ1v) is 5.96. The van der Waals surface area contributed by atoms with Crippen LogP contribution in [0.1, 0.15) is 18.4 Å². The van der Waals surface area contributed by atoms with E-state index in [1.807, 2.05) is 0 Å². The zero-order valence-corrected chi connectivity index (χ0v) is 10.6. The molecule has 5 nitrogen and oxygen atoms in total. The maximum atomic E-state index is 11.5. The van der Waals surface area contributed by atoms with Crippen molar-refractivity contribution in [2.75, 3.05) is 0 Å². The van der Waals surface area contributed by atoms with Crippen molar-refractivity contribution in [1.29, 1.82) is 0 Å². The Balaban J connectivity index is 2.00. The van der Waals surface area contributed by atoms with E-state index < -0.39 is 17.8 Å². The van der Waals surface area contributed by atoms with Crippen LogP contribution in [0.15, 0.2) is 30.3 Å². The van der Waals surface area contributed by atoms with E-state index in [1.165, 1.54) is 6.08 Å². The van der Waals surface area contributed by atoms with Gasteiger partial charge in [0, 0.05) is 23.9 Å². The van der Waals surface area contributed by atoms with Gasteiger partial charge < -0.3 is 4.84 Å². The second kappa shape index (κ2) is 5.67. The van der Waals surface area contributed by atoms with Crippen molar-refractivity contribution >= 4 is 35.5 Å². The van der Waals surface area contributed by atoms with Gasteiger partial charge in [-0.25, -0.2) is 4.79 Å². The third-order valence-electron chi connectivity index (χ3n) is 2.49. The molecule has 1 fully saturated rings. The highest BCUT2D eigenvalue weighted by molar-refractivity contribution is 6.32. The van der Waals surface area contributed by atoms with Crippen LogP contribution < -0.4 is 0 Å². The number of benzene rings is 1. The van der Waals surface area contributed by atoms with Gasteiger partial charge in [0.25, 0.3) is 11.8 Å². The highest BCUT2D eigenvalue weighted by Gasteiger charge is 2.32. The van der Waals surface area contributed by atoms with Gasteiger partial charge in [-0.3, -0.25) is 9.59 Å². The lowest BCUT2D eigenvalue weighted by molar-refractivity contribution is -0.193. The molecule has 0 radical (unpaired) electrons. The number of imide groups is 1. The molecule has 2 amide bonds. The number of halogens is 1. The van der Waals surface area contributed by atoms with E-state index >= 15 is 0 Å². The van der Waals surface area contributed by atoms with E-state index in [0.717, 1.165) is 6.08 Å². The fraction of sp³-hybridized carbons (Fsp3) is 0.154. The number of nitrogens with zero attached hydrogens (tertiary/aromatic N) is 1. The lowest BCUT2D eigenvalue weighted by Gasteiger charge is -2.10. The molecule has 1 aromatic carbocycles. The minimum absolute atomic E-state index is 0.0698. The Labute approximate surface area is 114 Å². The molecular formula is C13H10ClNO4. The zero-order valence-electron chi connectivity index (χ0n) is 9.84. The van der Waals surface area contributed by atoms with Crippen LogP contribution in [-0.2, 0) is 19.2 Å². The van der Waals surface area contributed by atoms with Gasteiger partial charge in [0.05, 0.1) is 0 Å². The first kappa shape index (κ1) is 13.3. The molecule has 19 heavy (non-hydrogen) atoms. The van der Waals surface area contributed by atoms with Crippen molar-refractivity contribution in [2.45, 2.75) is 12.8 Å². The van der Waals surface area contributed by atoms with Crippen molar-refractivity contribution in [3.63, 3.8) is 0 Å². The van der Waals surface area contributed by atoms with E-state index in [4.69, 9.17) is 11.6 Å². The number of hydroxylamine groups is 2. The first-order valence-electron chi connectivity index (χ1n) is 5.58. The van der Waals surface area contributed by atoms with Crippen LogP contribution in [0.5, 0.6) is 0 Å². The van der Waals surface area contributed by atoms with Crippen LogP contribution in [0.2, 0.25) is 5.02 Å². The van der Waals surface area contributed by atoms with Crippen LogP contribution in [0.25, 0.3) is 6.08 Å². The molecule has 6 heteroatoms. The highest BCUT2D eigenvalue weighted by Crippen LogP contribution is 2.17. The molecule has 2 rings (SSSR count). The molecule has 0 aromatic heterocycles. The summed E-state index contributed by atoms with van der Waals surface area (Å²) in [4.78, 5) is 38.6. The summed E-state index contributed by atoms with van der Waals surface area (Å²) < 4.78 is 0. The summed E-state index contributed by atoms with van der Waals surface area (Å²) in [6, 6.07) is 6.93. The van der Waals surface area contributed by atoms with E-state index in [2.05, 4.69) is 4.84 Å². The maximum absolute atomic E-state index is 11.5. The number of amides is 2. The molecule has 0 aliphatic carbocycles. The van der Waals surface area contributed by atoms with Gasteiger partial charge in [-0.2, -0.15) is 0 Å². The lowest BCUT2D eigenvalue weighted by atomic mass is 10.2. The number of carbonyl (C=O) groups excluding carboxylic acids is 3. The zero-order chi connectivity index (χ0) is 13.8. The van der Waals surface area contributed by atoms with E-state index in [0.29, 0.717) is 15.6 Å². The van der Waals surface area contributed by atoms with Crippen LogP contribution in [0, 0.1) is 0 Å². The maximum Gasteiger partial charge on any atom is 0.356 e. The quantitative estimate of drug-likeness (QED) is 0.627. The average molecular weight is 280 g/mol. The van der Waals surface area contributed by atoms with Gasteiger partial charge in [-0.05, 0) is 17.7 Å². The smallest absolute Gasteiger partial charge is 0.326 e. The number of rotatable bonds is 3. The summed E-state index contributed by atoms with van der Waals surface area (Å²) in [6.45, 7) is 0. The normalized spacial score (nSPS) is 15.3. The molecule has 0 spiro atoms. The largest absolute Gasteiger partial charge is 0.356 e. The fourth-order valence-electron chi connectivity index (χ4n) is 1.55. The lowest BCUT2D eigenvalue weighted by Crippen LogP contribution is -2.31. The summed E-state index contributed by atoms with van der Waals surface area (Å²) in [5.74, 6) is -1.82. The van der Waals surface area contributed by atoms with E-state index in [-0.39, 0.29) is 12.8 Å². The van der Waals surface area contributed by atoms with Gasteiger partial charge in [-0.1, -0.05) is 29.8 Å². The van der Waals surface area contributed by atoms with E-state index in [9.17, 15) is 14.4 Å². The van der Waals surface area contributed by atoms with Crippen LogP contribution >= 0.6 is 11.6 Å². The SMILES string of the molecule is O=C(/C=C/c1ccccc1Cl)ON1C(=O)CCC1=O. The minimum atomic E-state index is -0.802. The predicted molar refractivity (Wildman–Crippen MR) is 67.7 cm³/mol. The summed E-state index contributed by atoms with van der Waals surface area (Å²) >= 11 is 5.90. The van der Waals surface area contributed by atoms with Gasteiger partial charge in [0.15, 0.2) is 0 Å². The number of carbonyl (C=O) groups is 3. The average Bonchev–Trinajstić information content (AvgIpc) is 2.70. The fourth-order valence-corrected chi connectivity index (χ4v) is 1.75. The van der Waals surface area contributed by atoms with Gasteiger partial charge >= 0.3 is 5.97 Å². The van der Waals surface area contributed by atoms with E-state index in [1.54, 1.807) is 24.3 Å². The predicted octanol–water partition coefficient (Wildman–Crippen LogP) is 1.96. The van der Waals surface area contributed by atoms with Crippen molar-refractivity contribution in [3.8, 4) is 0 Å². The molecule has 0 atom stereocenters. The van der Waals surface area contributed by atoms with Crippen LogP contribution in [0.3, 0.4) is 0 Å². The molecule has 1 saturated heterocycles. The summed E-state index contributed by atoms with van der Waals surface area (Å²) in [7, 11) is 0. The Morgan fingerprint density at radius 1 is 1.21 bits per heavy atom. The summed E-state index contributed by atoms with van der Waals surface area (Å²) in [6.07, 6.45) is 2.70. The van der Waals surface area contributed by atoms with Crippen molar-refractivity contribution < 1.29 is 19.2 Å². The van der Waals surface area contributed by atoms with Gasteiger partial charge in [0.1, 0.15) is 0 Å². The molecule has 1 heterocycles. The summed E-state index contributed by atoms with van der Waals surface area (Å²) in [5.41, 5.74) is 0.639. The van der Waals surface area contributed by atoms with Crippen LogP contribution in [-0.4, -0.2) is 22.8 Å². The third-order valence-corrected chi connectivity index (χ3v) is 2.84. The molecule has 0 N–H and O–H groups in total. The molecule has 0 unspecified atom stereocenters. The van der Waals surface area contributed by atoms with Gasteiger partial charge in [0.2, 0.25) is 0 Å². The monoisotopic (exact) mass is 279 g/mol. The Bertz CT molecular complexity index is 552. The van der Waals surface area contributed by atoms with Crippen LogP contribution in [0.4, 0.5) is 0 Å². The standard InChI is InChI=1S/C13H10ClNO4/c14-10-4-2-1-3-9(10)5-8-13(18)19-15-11(16)6-7-12(15)17/h1-5,8H,6-7H2/b8-5+. The van der Waals surface area contributed by atoms with Gasteiger partial charge in [-0.15, -0.1) is 5.06 Å². The second-order valence-electron chi connectivity index (χ2n) is 3.85. The molecule has 0 bridgehead atoms.